The normalized spacial score (nSPS) is 14.9. The van der Waals surface area contributed by atoms with E-state index in [1.54, 1.807) is 0 Å². The Morgan fingerprint density at radius 3 is 2.23 bits per heavy atom. The number of aliphatic hydroxyl groups is 1. The summed E-state index contributed by atoms with van der Waals surface area (Å²) in [5.41, 5.74) is 11.6. The zero-order valence-electron chi connectivity index (χ0n) is 24.7. The summed E-state index contributed by atoms with van der Waals surface area (Å²) in [6.07, 6.45) is 3.52. The highest BCUT2D eigenvalue weighted by Gasteiger charge is 2.20. The summed E-state index contributed by atoms with van der Waals surface area (Å²) < 4.78 is 2.02. The van der Waals surface area contributed by atoms with E-state index in [1.807, 2.05) is 10.6 Å². The number of carbonyl (C=O) groups is 1. The van der Waals surface area contributed by atoms with Crippen LogP contribution in [-0.4, -0.2) is 51.4 Å². The summed E-state index contributed by atoms with van der Waals surface area (Å²) >= 11 is 0. The highest BCUT2D eigenvalue weighted by atomic mass is 16.3. The summed E-state index contributed by atoms with van der Waals surface area (Å²) in [6.45, 7) is 7.17. The van der Waals surface area contributed by atoms with Crippen molar-refractivity contribution in [3.8, 4) is 33.4 Å². The zero-order chi connectivity index (χ0) is 29.8. The quantitative estimate of drug-likeness (QED) is 0.169. The van der Waals surface area contributed by atoms with Gasteiger partial charge in [0.1, 0.15) is 0 Å². The number of aliphatic hydroxyl groups excluding tert-OH is 1. The lowest BCUT2D eigenvalue weighted by molar-refractivity contribution is -0.119. The van der Waals surface area contributed by atoms with Gasteiger partial charge in [-0.1, -0.05) is 60.7 Å². The maximum absolute atomic E-state index is 11.5. The Morgan fingerprint density at radius 2 is 1.56 bits per heavy atom. The van der Waals surface area contributed by atoms with Gasteiger partial charge in [0.2, 0.25) is 5.91 Å². The van der Waals surface area contributed by atoms with Crippen molar-refractivity contribution >= 4 is 11.6 Å². The molecule has 6 rings (SSSR count). The molecular weight excluding hydrogens is 536 g/mol. The van der Waals surface area contributed by atoms with Crippen LogP contribution in [0.15, 0.2) is 79.0 Å². The Kier molecular flexibility index (Phi) is 8.60. The number of nitrogens with zero attached hydrogens (tertiary/aromatic N) is 3. The number of nitrogens with one attached hydrogen (secondary N) is 3. The SMILES string of the molecule is Cc1c(-c2ccc(CNCCO)cc2)cccc1-c1cccc(-c2ccn3c(CNC[C@@H]4CCC(=O)N4)nnc3c2)c1C. The van der Waals surface area contributed by atoms with Crippen LogP contribution in [-0.2, 0) is 17.9 Å². The minimum Gasteiger partial charge on any atom is -0.395 e. The number of hydrogen-bond acceptors (Lipinski definition) is 6. The molecule has 3 heterocycles. The Balaban J connectivity index is 1.23. The second-order valence-corrected chi connectivity index (χ2v) is 11.2. The number of hydrogen-bond donors (Lipinski definition) is 4. The Morgan fingerprint density at radius 1 is 0.860 bits per heavy atom. The van der Waals surface area contributed by atoms with Gasteiger partial charge < -0.3 is 21.1 Å². The summed E-state index contributed by atoms with van der Waals surface area (Å²) in [5.74, 6) is 0.974. The minimum atomic E-state index is 0.129. The minimum absolute atomic E-state index is 0.129. The molecule has 5 aromatic rings. The maximum Gasteiger partial charge on any atom is 0.220 e. The predicted octanol–water partition coefficient (Wildman–Crippen LogP) is 4.80. The van der Waals surface area contributed by atoms with Crippen molar-refractivity contribution in [3.63, 3.8) is 0 Å². The Hall–Kier alpha value is -4.37. The molecule has 0 radical (unpaired) electrons. The first-order valence-corrected chi connectivity index (χ1v) is 15.0. The molecule has 220 valence electrons. The van der Waals surface area contributed by atoms with Crippen LogP contribution in [0.5, 0.6) is 0 Å². The van der Waals surface area contributed by atoms with Gasteiger partial charge in [0.15, 0.2) is 11.5 Å². The molecule has 1 aliphatic heterocycles. The molecule has 0 unspecified atom stereocenters. The van der Waals surface area contributed by atoms with Crippen molar-refractivity contribution in [2.45, 2.75) is 45.8 Å². The molecule has 2 aromatic heterocycles. The van der Waals surface area contributed by atoms with E-state index < -0.39 is 0 Å². The van der Waals surface area contributed by atoms with Gasteiger partial charge in [0.05, 0.1) is 13.2 Å². The van der Waals surface area contributed by atoms with Gasteiger partial charge in [0.25, 0.3) is 0 Å². The molecule has 4 N–H and O–H groups in total. The molecular formula is C35H38N6O2. The van der Waals surface area contributed by atoms with Crippen molar-refractivity contribution in [2.24, 2.45) is 0 Å². The van der Waals surface area contributed by atoms with Crippen LogP contribution in [0, 0.1) is 13.8 Å². The Bertz CT molecular complexity index is 1740. The van der Waals surface area contributed by atoms with Crippen LogP contribution >= 0.6 is 0 Å². The zero-order valence-corrected chi connectivity index (χ0v) is 24.7. The Labute approximate surface area is 252 Å². The fourth-order valence-corrected chi connectivity index (χ4v) is 6.01. The topological polar surface area (TPSA) is 104 Å². The first kappa shape index (κ1) is 28.7. The average Bonchev–Trinajstić information content (AvgIpc) is 3.63. The monoisotopic (exact) mass is 574 g/mol. The van der Waals surface area contributed by atoms with Gasteiger partial charge >= 0.3 is 0 Å². The van der Waals surface area contributed by atoms with E-state index in [0.717, 1.165) is 36.5 Å². The molecule has 0 bridgehead atoms. The predicted molar refractivity (Wildman–Crippen MR) is 170 cm³/mol. The number of benzene rings is 3. The summed E-state index contributed by atoms with van der Waals surface area (Å²) in [4.78, 5) is 11.5. The molecule has 1 saturated heterocycles. The number of pyridine rings is 1. The lowest BCUT2D eigenvalue weighted by Crippen LogP contribution is -2.35. The molecule has 8 nitrogen and oxygen atoms in total. The van der Waals surface area contributed by atoms with E-state index in [-0.39, 0.29) is 18.6 Å². The third-order valence-corrected chi connectivity index (χ3v) is 8.39. The standard InChI is InChI=1S/C35H38N6O2/c1-23-29(26-11-9-25(10-12-26)20-36-16-18-42)5-3-7-31(23)32-8-4-6-30(24(32)2)27-15-17-41-33(19-27)39-40-34(41)22-37-21-28-13-14-35(43)38-28/h3-12,15,17,19,28,36-37,42H,13-14,16,18,20-22H2,1-2H3,(H,38,43)/t28-/m0/s1. The molecule has 0 aliphatic carbocycles. The van der Waals surface area contributed by atoms with E-state index >= 15 is 0 Å². The average molecular weight is 575 g/mol. The van der Waals surface area contributed by atoms with Crippen molar-refractivity contribution in [1.29, 1.82) is 0 Å². The molecule has 43 heavy (non-hydrogen) atoms. The first-order chi connectivity index (χ1) is 21.0. The van der Waals surface area contributed by atoms with Crippen LogP contribution in [0.2, 0.25) is 0 Å². The van der Waals surface area contributed by atoms with Crippen LogP contribution in [0.25, 0.3) is 39.0 Å². The van der Waals surface area contributed by atoms with E-state index in [1.165, 1.54) is 44.5 Å². The molecule has 8 heteroatoms. The maximum atomic E-state index is 11.5. The van der Waals surface area contributed by atoms with Crippen molar-refractivity contribution in [3.05, 3.63) is 102 Å². The van der Waals surface area contributed by atoms with Crippen LogP contribution in [0.1, 0.15) is 35.4 Å². The highest BCUT2D eigenvalue weighted by molar-refractivity contribution is 5.84. The van der Waals surface area contributed by atoms with Crippen molar-refractivity contribution in [1.82, 2.24) is 30.5 Å². The lowest BCUT2D eigenvalue weighted by atomic mass is 9.88. The second kappa shape index (κ2) is 12.9. The van der Waals surface area contributed by atoms with Crippen LogP contribution < -0.4 is 16.0 Å². The number of aromatic nitrogens is 3. The molecule has 3 aromatic carbocycles. The largest absolute Gasteiger partial charge is 0.395 e. The summed E-state index contributed by atoms with van der Waals surface area (Å²) in [5, 5.41) is 27.5. The van der Waals surface area contributed by atoms with Gasteiger partial charge in [-0.3, -0.25) is 9.20 Å². The second-order valence-electron chi connectivity index (χ2n) is 11.2. The van der Waals surface area contributed by atoms with Gasteiger partial charge in [-0.25, -0.2) is 0 Å². The smallest absolute Gasteiger partial charge is 0.220 e. The van der Waals surface area contributed by atoms with E-state index in [4.69, 9.17) is 5.11 Å². The summed E-state index contributed by atoms with van der Waals surface area (Å²) in [7, 11) is 0. The van der Waals surface area contributed by atoms with Crippen molar-refractivity contribution < 1.29 is 9.90 Å². The van der Waals surface area contributed by atoms with Gasteiger partial charge in [-0.15, -0.1) is 10.2 Å². The number of amides is 1. The number of fused-ring (bicyclic) bond motifs is 1. The fraction of sp³-hybridized carbons (Fsp3) is 0.286. The van der Waals surface area contributed by atoms with Crippen LogP contribution in [0.3, 0.4) is 0 Å². The first-order valence-electron chi connectivity index (χ1n) is 15.0. The van der Waals surface area contributed by atoms with Gasteiger partial charge in [-0.05, 0) is 82.5 Å². The number of carbonyl (C=O) groups excluding carboxylic acids is 1. The molecule has 1 fully saturated rings. The fourth-order valence-electron chi connectivity index (χ4n) is 6.01. The van der Waals surface area contributed by atoms with E-state index in [9.17, 15) is 4.79 Å². The summed E-state index contributed by atoms with van der Waals surface area (Å²) in [6, 6.07) is 26.1. The third-order valence-electron chi connectivity index (χ3n) is 8.39. The van der Waals surface area contributed by atoms with Gasteiger partial charge in [0, 0.05) is 38.3 Å². The van der Waals surface area contributed by atoms with E-state index in [0.29, 0.717) is 19.5 Å². The molecule has 1 aliphatic rings. The van der Waals surface area contributed by atoms with Crippen molar-refractivity contribution in [2.75, 3.05) is 19.7 Å². The molecule has 0 spiro atoms. The van der Waals surface area contributed by atoms with Crippen LogP contribution in [0.4, 0.5) is 0 Å². The third kappa shape index (κ3) is 6.22. The highest BCUT2D eigenvalue weighted by Crippen LogP contribution is 2.37. The molecule has 0 saturated carbocycles. The lowest BCUT2D eigenvalue weighted by Gasteiger charge is -2.17. The van der Waals surface area contributed by atoms with E-state index in [2.05, 4.69) is 113 Å². The number of rotatable bonds is 11. The molecule has 1 amide bonds. The molecule has 1 atom stereocenters. The van der Waals surface area contributed by atoms with Gasteiger partial charge in [-0.2, -0.15) is 0 Å².